The molecule has 1 aliphatic carbocycles. The molecule has 2 heterocycles. The van der Waals surface area contributed by atoms with Gasteiger partial charge in [0.05, 0.1) is 17.9 Å². The highest BCUT2D eigenvalue weighted by molar-refractivity contribution is 6.53. The number of aromatic hydroxyl groups is 1. The normalized spacial score (nSPS) is 27.6. The van der Waals surface area contributed by atoms with Crippen LogP contribution in [0.25, 0.3) is 0 Å². The van der Waals surface area contributed by atoms with E-state index in [-0.39, 0.29) is 29.9 Å². The Bertz CT molecular complexity index is 944. The maximum absolute atomic E-state index is 13.3. The first-order chi connectivity index (χ1) is 15.3. The maximum atomic E-state index is 13.3. The number of carboxylic acid groups (broad SMARTS) is 1. The van der Waals surface area contributed by atoms with Gasteiger partial charge in [0.15, 0.2) is 0 Å². The van der Waals surface area contributed by atoms with Gasteiger partial charge in [0.2, 0.25) is 11.8 Å². The number of hydrogen-bond acceptors (Lipinski definition) is 6. The van der Waals surface area contributed by atoms with Crippen molar-refractivity contribution in [3.8, 4) is 5.75 Å². The van der Waals surface area contributed by atoms with E-state index in [4.69, 9.17) is 9.76 Å². The molecule has 4 rings (SSSR count). The summed E-state index contributed by atoms with van der Waals surface area (Å²) in [6.45, 7) is 2.18. The molecule has 2 fully saturated rings. The number of rotatable bonds is 7. The zero-order valence-corrected chi connectivity index (χ0v) is 18.1. The highest BCUT2D eigenvalue weighted by Crippen LogP contribution is 2.51. The first-order valence-corrected chi connectivity index (χ1v) is 11.2. The second-order valence-corrected chi connectivity index (χ2v) is 9.02. The Hall–Kier alpha value is -2.65. The molecule has 2 amide bonds. The van der Waals surface area contributed by atoms with Crippen molar-refractivity contribution >= 4 is 24.9 Å². The SMILES string of the molecule is CC1=C2B(O)O[C@H](c3ccc(O)cc3)C[C@H]2[C@H]2C(=O)N(CCCCCC(=O)O)C(=O)[C@H]2C1. The fraction of sp³-hybridized carbons (Fsp3) is 0.522. The lowest BCUT2D eigenvalue weighted by atomic mass is 9.55. The Morgan fingerprint density at radius 1 is 1.12 bits per heavy atom. The predicted octanol–water partition coefficient (Wildman–Crippen LogP) is 2.46. The number of carbonyl (C=O) groups excluding carboxylic acids is 2. The second kappa shape index (κ2) is 9.07. The summed E-state index contributed by atoms with van der Waals surface area (Å²) in [4.78, 5) is 38.4. The minimum absolute atomic E-state index is 0.0816. The summed E-state index contributed by atoms with van der Waals surface area (Å²) in [5, 5.41) is 29.1. The molecule has 0 aromatic heterocycles. The molecule has 170 valence electrons. The lowest BCUT2D eigenvalue weighted by Gasteiger charge is -2.41. The molecule has 0 unspecified atom stereocenters. The van der Waals surface area contributed by atoms with E-state index >= 15 is 0 Å². The van der Waals surface area contributed by atoms with E-state index in [1.54, 1.807) is 24.3 Å². The molecule has 3 N–H and O–H groups in total. The van der Waals surface area contributed by atoms with Crippen LogP contribution < -0.4 is 0 Å². The molecule has 32 heavy (non-hydrogen) atoms. The molecular weight excluding hydrogens is 413 g/mol. The van der Waals surface area contributed by atoms with Crippen molar-refractivity contribution < 1.29 is 34.3 Å². The number of hydrogen-bond donors (Lipinski definition) is 3. The minimum Gasteiger partial charge on any atom is -0.508 e. The Kier molecular flexibility index (Phi) is 6.39. The van der Waals surface area contributed by atoms with Gasteiger partial charge in [0.1, 0.15) is 5.75 Å². The van der Waals surface area contributed by atoms with Crippen molar-refractivity contribution in [1.82, 2.24) is 4.90 Å². The molecule has 4 atom stereocenters. The van der Waals surface area contributed by atoms with Crippen LogP contribution in [-0.2, 0) is 19.0 Å². The Morgan fingerprint density at radius 2 is 1.84 bits per heavy atom. The Morgan fingerprint density at radius 3 is 2.53 bits per heavy atom. The standard InChI is InChI=1S/C23H28BNO7/c1-13-11-17-20(23(30)25(22(17)29)10-4-2-3-5-19(27)28)16-12-18(32-24(31)21(13)16)14-6-8-15(26)9-7-14/h6-9,16-18,20,26,31H,2-5,10-12H2,1H3,(H,27,28)/t16-,17-,18-,20+/m0/s1. The minimum atomic E-state index is -1.14. The monoisotopic (exact) mass is 441 g/mol. The van der Waals surface area contributed by atoms with Crippen molar-refractivity contribution in [2.45, 2.75) is 51.6 Å². The molecule has 3 aliphatic rings. The van der Waals surface area contributed by atoms with Crippen LogP contribution >= 0.6 is 0 Å². The molecule has 0 radical (unpaired) electrons. The molecule has 2 aliphatic heterocycles. The summed E-state index contributed by atoms with van der Waals surface area (Å²) in [7, 11) is -1.14. The number of allylic oxidation sites excluding steroid dienone is 2. The van der Waals surface area contributed by atoms with E-state index in [9.17, 15) is 24.5 Å². The van der Waals surface area contributed by atoms with Crippen LogP contribution in [0, 0.1) is 17.8 Å². The molecule has 0 spiro atoms. The van der Waals surface area contributed by atoms with Gasteiger partial charge in [-0.15, -0.1) is 0 Å². The molecule has 9 heteroatoms. The molecular formula is C23H28BNO7. The summed E-state index contributed by atoms with van der Waals surface area (Å²) in [5.74, 6) is -2.32. The van der Waals surface area contributed by atoms with Gasteiger partial charge in [-0.05, 0) is 61.7 Å². The van der Waals surface area contributed by atoms with Crippen LogP contribution in [0.4, 0.5) is 0 Å². The number of phenols is 1. The van der Waals surface area contributed by atoms with Crippen molar-refractivity contribution in [2.24, 2.45) is 17.8 Å². The summed E-state index contributed by atoms with van der Waals surface area (Å²) >= 11 is 0. The van der Waals surface area contributed by atoms with E-state index < -0.39 is 31.0 Å². The van der Waals surface area contributed by atoms with E-state index in [1.165, 1.54) is 4.90 Å². The molecule has 1 aromatic rings. The largest absolute Gasteiger partial charge is 0.508 e. The van der Waals surface area contributed by atoms with Crippen molar-refractivity contribution in [3.05, 3.63) is 40.9 Å². The fourth-order valence-corrected chi connectivity index (χ4v) is 5.47. The number of nitrogens with zero attached hydrogens (tertiary/aromatic N) is 1. The second-order valence-electron chi connectivity index (χ2n) is 9.02. The van der Waals surface area contributed by atoms with Crippen molar-refractivity contribution in [1.29, 1.82) is 0 Å². The molecule has 0 saturated carbocycles. The Labute approximate surface area is 187 Å². The first-order valence-electron chi connectivity index (χ1n) is 11.2. The zero-order valence-electron chi connectivity index (χ0n) is 18.1. The number of imide groups is 1. The number of unbranched alkanes of at least 4 members (excludes halogenated alkanes) is 2. The molecule has 2 saturated heterocycles. The lowest BCUT2D eigenvalue weighted by Crippen LogP contribution is -2.44. The quantitative estimate of drug-likeness (QED) is 0.337. The van der Waals surface area contributed by atoms with Gasteiger partial charge in [0.25, 0.3) is 0 Å². The predicted molar refractivity (Wildman–Crippen MR) is 115 cm³/mol. The smallest absolute Gasteiger partial charge is 0.487 e. The Balaban J connectivity index is 1.51. The van der Waals surface area contributed by atoms with Crippen LogP contribution in [0.2, 0.25) is 0 Å². The zero-order chi connectivity index (χ0) is 23.0. The number of fused-ring (bicyclic) bond motifs is 3. The van der Waals surface area contributed by atoms with Gasteiger partial charge < -0.3 is 19.9 Å². The molecule has 1 aromatic carbocycles. The molecule has 8 nitrogen and oxygen atoms in total. The van der Waals surface area contributed by atoms with E-state index in [2.05, 4.69) is 0 Å². The number of carbonyl (C=O) groups is 3. The topological polar surface area (TPSA) is 124 Å². The summed E-state index contributed by atoms with van der Waals surface area (Å²) in [5.41, 5.74) is 2.41. The first kappa shape index (κ1) is 22.5. The van der Waals surface area contributed by atoms with Gasteiger partial charge in [-0.2, -0.15) is 0 Å². The highest BCUT2D eigenvalue weighted by Gasteiger charge is 2.57. The van der Waals surface area contributed by atoms with Crippen LogP contribution in [0.1, 0.15) is 57.1 Å². The van der Waals surface area contributed by atoms with E-state index in [0.717, 1.165) is 11.1 Å². The van der Waals surface area contributed by atoms with Gasteiger partial charge in [-0.25, -0.2) is 0 Å². The summed E-state index contributed by atoms with van der Waals surface area (Å²) < 4.78 is 5.86. The van der Waals surface area contributed by atoms with Crippen LogP contribution in [-0.4, -0.2) is 51.6 Å². The number of carboxylic acids is 1. The van der Waals surface area contributed by atoms with Gasteiger partial charge >= 0.3 is 13.1 Å². The average Bonchev–Trinajstić information content (AvgIpc) is 2.98. The fourth-order valence-electron chi connectivity index (χ4n) is 5.47. The van der Waals surface area contributed by atoms with Gasteiger partial charge in [-0.1, -0.05) is 24.1 Å². The van der Waals surface area contributed by atoms with Crippen LogP contribution in [0.3, 0.4) is 0 Å². The van der Waals surface area contributed by atoms with Crippen LogP contribution in [0.15, 0.2) is 35.3 Å². The third-order valence-corrected chi connectivity index (χ3v) is 6.98. The van der Waals surface area contributed by atoms with E-state index in [1.807, 2.05) is 6.92 Å². The maximum Gasteiger partial charge on any atom is 0.487 e. The molecule has 0 bridgehead atoms. The van der Waals surface area contributed by atoms with Gasteiger partial charge in [-0.3, -0.25) is 19.3 Å². The van der Waals surface area contributed by atoms with Crippen molar-refractivity contribution in [2.75, 3.05) is 6.54 Å². The van der Waals surface area contributed by atoms with Gasteiger partial charge in [0, 0.05) is 13.0 Å². The average molecular weight is 441 g/mol. The van der Waals surface area contributed by atoms with Crippen molar-refractivity contribution in [3.63, 3.8) is 0 Å². The van der Waals surface area contributed by atoms with E-state index in [0.29, 0.717) is 44.1 Å². The number of amides is 2. The van der Waals surface area contributed by atoms with Crippen LogP contribution in [0.5, 0.6) is 5.75 Å². The summed E-state index contributed by atoms with van der Waals surface area (Å²) in [6.07, 6.45) is 2.28. The highest BCUT2D eigenvalue weighted by atomic mass is 16.5. The summed E-state index contributed by atoms with van der Waals surface area (Å²) in [6, 6.07) is 6.59. The number of benzene rings is 1. The number of phenolic OH excluding ortho intramolecular Hbond substituents is 1. The number of likely N-dealkylation sites (tertiary alicyclic amines) is 1. The lowest BCUT2D eigenvalue weighted by molar-refractivity contribution is -0.141. The number of aliphatic carboxylic acids is 1. The third-order valence-electron chi connectivity index (χ3n) is 6.98. The third kappa shape index (κ3) is 4.19.